The first kappa shape index (κ1) is 17.7. The third kappa shape index (κ3) is 3.47. The lowest BCUT2D eigenvalue weighted by atomic mass is 9.91. The van der Waals surface area contributed by atoms with Gasteiger partial charge in [-0.1, -0.05) is 11.6 Å². The Morgan fingerprint density at radius 1 is 1.11 bits per heavy atom. The van der Waals surface area contributed by atoms with E-state index in [1.807, 2.05) is 0 Å². The number of carbonyl (C=O) groups is 1. The molecule has 3 aromatic rings. The minimum atomic E-state index is -0.414. The van der Waals surface area contributed by atoms with Crippen LogP contribution in [0.4, 0.5) is 4.39 Å². The first-order chi connectivity index (χ1) is 13.0. The number of carbonyl (C=O) groups excluding carboxylic acids is 1. The Morgan fingerprint density at radius 2 is 1.81 bits per heavy atom. The van der Waals surface area contributed by atoms with Crippen LogP contribution in [0.5, 0.6) is 5.75 Å². The standard InChI is InChI=1S/C21H16ClFO4/c22-17-9-16-14-3-1-2-4-15(14)21(25)27-19(16)10-20(17)26-11-18(24)12-5-7-13(23)8-6-12/h5-10H,1-4,11H2. The van der Waals surface area contributed by atoms with E-state index in [1.165, 1.54) is 24.3 Å². The molecule has 2 aromatic carbocycles. The number of hydrogen-bond donors (Lipinski definition) is 0. The highest BCUT2D eigenvalue weighted by molar-refractivity contribution is 6.32. The number of fused-ring (bicyclic) bond motifs is 3. The molecule has 1 aromatic heterocycles. The molecule has 6 heteroatoms. The van der Waals surface area contributed by atoms with Gasteiger partial charge < -0.3 is 9.15 Å². The topological polar surface area (TPSA) is 56.5 Å². The van der Waals surface area contributed by atoms with Crippen molar-refractivity contribution < 1.29 is 18.3 Å². The molecule has 0 spiro atoms. The van der Waals surface area contributed by atoms with Crippen LogP contribution >= 0.6 is 11.6 Å². The van der Waals surface area contributed by atoms with Gasteiger partial charge in [-0.25, -0.2) is 9.18 Å². The van der Waals surface area contributed by atoms with Crippen molar-refractivity contribution in [3.8, 4) is 5.75 Å². The SMILES string of the molecule is O=C(COc1cc2oc(=O)c3c(c2cc1Cl)CCCC3)c1ccc(F)cc1. The van der Waals surface area contributed by atoms with Gasteiger partial charge in [0.05, 0.1) is 5.02 Å². The number of halogens is 2. The molecular weight excluding hydrogens is 371 g/mol. The van der Waals surface area contributed by atoms with Gasteiger partial charge >= 0.3 is 5.63 Å². The van der Waals surface area contributed by atoms with E-state index < -0.39 is 5.82 Å². The highest BCUT2D eigenvalue weighted by atomic mass is 35.5. The summed E-state index contributed by atoms with van der Waals surface area (Å²) in [7, 11) is 0. The lowest BCUT2D eigenvalue weighted by molar-refractivity contribution is 0.0921. The van der Waals surface area contributed by atoms with Gasteiger partial charge in [-0.3, -0.25) is 4.79 Å². The van der Waals surface area contributed by atoms with Crippen LogP contribution in [-0.4, -0.2) is 12.4 Å². The molecule has 0 saturated carbocycles. The fraction of sp³-hybridized carbons (Fsp3) is 0.238. The summed E-state index contributed by atoms with van der Waals surface area (Å²) in [6.07, 6.45) is 3.53. The van der Waals surface area contributed by atoms with Crippen LogP contribution in [-0.2, 0) is 12.8 Å². The maximum absolute atomic E-state index is 13.0. The molecular formula is C21H16ClFO4. The zero-order valence-corrected chi connectivity index (χ0v) is 15.1. The molecule has 0 fully saturated rings. The highest BCUT2D eigenvalue weighted by Crippen LogP contribution is 2.34. The predicted molar refractivity (Wildman–Crippen MR) is 100 cm³/mol. The first-order valence-corrected chi connectivity index (χ1v) is 9.10. The summed E-state index contributed by atoms with van der Waals surface area (Å²) in [4.78, 5) is 24.4. The summed E-state index contributed by atoms with van der Waals surface area (Å²) < 4.78 is 23.9. The van der Waals surface area contributed by atoms with Crippen LogP contribution in [0.1, 0.15) is 34.3 Å². The van der Waals surface area contributed by atoms with Gasteiger partial charge in [0.2, 0.25) is 0 Å². The van der Waals surface area contributed by atoms with Crippen molar-refractivity contribution in [3.05, 3.63) is 74.3 Å². The largest absolute Gasteiger partial charge is 0.484 e. The summed E-state index contributed by atoms with van der Waals surface area (Å²) in [5.41, 5.74) is 2.13. The minimum Gasteiger partial charge on any atom is -0.484 e. The van der Waals surface area contributed by atoms with Gasteiger partial charge in [-0.2, -0.15) is 0 Å². The molecule has 4 rings (SSSR count). The average molecular weight is 387 g/mol. The van der Waals surface area contributed by atoms with Gasteiger partial charge in [0, 0.05) is 22.6 Å². The molecule has 0 aliphatic heterocycles. The lowest BCUT2D eigenvalue weighted by Crippen LogP contribution is -2.16. The molecule has 138 valence electrons. The van der Waals surface area contributed by atoms with E-state index in [-0.39, 0.29) is 23.8 Å². The maximum atomic E-state index is 13.0. The number of hydrogen-bond acceptors (Lipinski definition) is 4. The van der Waals surface area contributed by atoms with E-state index in [4.69, 9.17) is 20.8 Å². The quantitative estimate of drug-likeness (QED) is 0.480. The second-order valence-corrected chi connectivity index (χ2v) is 6.96. The Kier molecular flexibility index (Phi) is 4.70. The average Bonchev–Trinajstić information content (AvgIpc) is 2.68. The van der Waals surface area contributed by atoms with E-state index in [0.29, 0.717) is 16.2 Å². The fourth-order valence-corrected chi connectivity index (χ4v) is 3.64. The third-order valence-corrected chi connectivity index (χ3v) is 5.10. The molecule has 0 radical (unpaired) electrons. The van der Waals surface area contributed by atoms with Crippen LogP contribution in [0.3, 0.4) is 0 Å². The zero-order chi connectivity index (χ0) is 19.0. The first-order valence-electron chi connectivity index (χ1n) is 8.72. The van der Waals surface area contributed by atoms with Crippen molar-refractivity contribution >= 4 is 28.4 Å². The molecule has 0 atom stereocenters. The van der Waals surface area contributed by atoms with Crippen LogP contribution in [0, 0.1) is 5.82 Å². The number of ether oxygens (including phenoxy) is 1. The van der Waals surface area contributed by atoms with E-state index in [0.717, 1.165) is 42.2 Å². The molecule has 0 N–H and O–H groups in total. The number of ketones is 1. The third-order valence-electron chi connectivity index (χ3n) is 4.80. The van der Waals surface area contributed by atoms with Crippen molar-refractivity contribution in [1.82, 2.24) is 0 Å². The Morgan fingerprint density at radius 3 is 2.56 bits per heavy atom. The Bertz CT molecular complexity index is 1090. The molecule has 0 unspecified atom stereocenters. The number of benzene rings is 2. The van der Waals surface area contributed by atoms with E-state index >= 15 is 0 Å². The number of Topliss-reactive ketones (excluding diaryl/α,β-unsaturated/α-hetero) is 1. The molecule has 1 heterocycles. The molecule has 27 heavy (non-hydrogen) atoms. The van der Waals surface area contributed by atoms with Crippen LogP contribution in [0.2, 0.25) is 5.02 Å². The highest BCUT2D eigenvalue weighted by Gasteiger charge is 2.20. The summed E-state index contributed by atoms with van der Waals surface area (Å²) in [5.74, 6) is -0.458. The molecule has 1 aliphatic rings. The second kappa shape index (κ2) is 7.16. The molecule has 0 bridgehead atoms. The lowest BCUT2D eigenvalue weighted by Gasteiger charge is -2.17. The number of rotatable bonds is 4. The fourth-order valence-electron chi connectivity index (χ4n) is 3.42. The predicted octanol–water partition coefficient (Wildman–Crippen LogP) is 4.73. The van der Waals surface area contributed by atoms with Gasteiger partial charge in [-0.15, -0.1) is 0 Å². The summed E-state index contributed by atoms with van der Waals surface area (Å²) in [5, 5.41) is 1.16. The zero-order valence-electron chi connectivity index (χ0n) is 14.4. The summed E-state index contributed by atoms with van der Waals surface area (Å²) in [6.45, 7) is -0.258. The van der Waals surface area contributed by atoms with Gasteiger partial charge in [-0.05, 0) is 61.6 Å². The molecule has 4 nitrogen and oxygen atoms in total. The Balaban J connectivity index is 1.62. The van der Waals surface area contributed by atoms with Gasteiger partial charge in [0.25, 0.3) is 0 Å². The minimum absolute atomic E-state index is 0.258. The number of aryl methyl sites for hydroxylation is 1. The second-order valence-electron chi connectivity index (χ2n) is 6.55. The van der Waals surface area contributed by atoms with Gasteiger partial charge in [0.1, 0.15) is 17.1 Å². The Labute approximate surface area is 159 Å². The van der Waals surface area contributed by atoms with E-state index in [9.17, 15) is 14.0 Å². The van der Waals surface area contributed by atoms with Crippen molar-refractivity contribution in [1.29, 1.82) is 0 Å². The van der Waals surface area contributed by atoms with E-state index in [1.54, 1.807) is 12.1 Å². The van der Waals surface area contributed by atoms with Crippen molar-refractivity contribution in [2.75, 3.05) is 6.61 Å². The molecule has 1 aliphatic carbocycles. The van der Waals surface area contributed by atoms with Crippen molar-refractivity contribution in [2.45, 2.75) is 25.7 Å². The molecule has 0 amide bonds. The summed E-state index contributed by atoms with van der Waals surface area (Å²) in [6, 6.07) is 8.50. The molecule has 0 saturated heterocycles. The van der Waals surface area contributed by atoms with Crippen molar-refractivity contribution in [3.63, 3.8) is 0 Å². The summed E-state index contributed by atoms with van der Waals surface area (Å²) >= 11 is 6.33. The normalized spacial score (nSPS) is 13.4. The smallest absolute Gasteiger partial charge is 0.339 e. The Hall–Kier alpha value is -2.66. The monoisotopic (exact) mass is 386 g/mol. The van der Waals surface area contributed by atoms with Crippen LogP contribution in [0.15, 0.2) is 45.6 Å². The maximum Gasteiger partial charge on any atom is 0.339 e. The van der Waals surface area contributed by atoms with Crippen LogP contribution < -0.4 is 10.4 Å². The van der Waals surface area contributed by atoms with Crippen LogP contribution in [0.25, 0.3) is 11.0 Å². The van der Waals surface area contributed by atoms with Crippen molar-refractivity contribution in [2.24, 2.45) is 0 Å². The van der Waals surface area contributed by atoms with Gasteiger partial charge in [0.15, 0.2) is 12.4 Å². The van der Waals surface area contributed by atoms with E-state index in [2.05, 4.69) is 0 Å².